The predicted octanol–water partition coefficient (Wildman–Crippen LogP) is 9.32. The Kier molecular flexibility index (Phi) is 9.32. The number of allylic oxidation sites excluding steroid dienone is 4. The Balaban J connectivity index is 0.00000221. The van der Waals surface area contributed by atoms with Gasteiger partial charge in [0, 0.05) is 0 Å². The van der Waals surface area contributed by atoms with E-state index in [-0.39, 0.29) is 41.9 Å². The van der Waals surface area contributed by atoms with Gasteiger partial charge >= 0.3 is 250 Å². The molecule has 0 saturated heterocycles. The third-order valence-electron chi connectivity index (χ3n) is 9.50. The van der Waals surface area contributed by atoms with Crippen molar-refractivity contribution in [3.05, 3.63) is 147 Å². The van der Waals surface area contributed by atoms with Gasteiger partial charge in [0.25, 0.3) is 0 Å². The molecule has 0 heterocycles. The van der Waals surface area contributed by atoms with Crippen LogP contribution in [0.25, 0.3) is 23.3 Å². The molecule has 2 aliphatic carbocycles. The van der Waals surface area contributed by atoms with Gasteiger partial charge in [0.2, 0.25) is 0 Å². The van der Waals surface area contributed by atoms with Crippen LogP contribution in [0.1, 0.15) is 49.4 Å². The summed E-state index contributed by atoms with van der Waals surface area (Å²) in [6, 6.07) is 24.7. The van der Waals surface area contributed by atoms with Crippen molar-refractivity contribution in [1.82, 2.24) is 0 Å². The molecular formula is C39H38Cl2F2Zr. The second-order valence-corrected chi connectivity index (χ2v) is 25.8. The molecule has 4 aromatic rings. The molecule has 0 spiro atoms. The fourth-order valence-corrected chi connectivity index (χ4v) is 22.6. The number of hydrogen-bond donors (Lipinski definition) is 0. The van der Waals surface area contributed by atoms with Gasteiger partial charge in [-0.2, -0.15) is 0 Å². The maximum Gasteiger partial charge on any atom is -0.147 e. The zero-order chi connectivity index (χ0) is 29.9. The van der Waals surface area contributed by atoms with Crippen LogP contribution in [-0.2, 0) is 24.7 Å². The molecule has 0 atom stereocenters. The van der Waals surface area contributed by atoms with Crippen LogP contribution in [0.2, 0.25) is 0 Å². The third-order valence-corrected chi connectivity index (χ3v) is 25.7. The molecule has 0 amide bonds. The maximum atomic E-state index is 15.3. The van der Waals surface area contributed by atoms with E-state index in [0.717, 1.165) is 32.9 Å². The normalized spacial score (nSPS) is 14.0. The van der Waals surface area contributed by atoms with Crippen LogP contribution >= 0.6 is 24.8 Å². The molecule has 226 valence electrons. The zero-order valence-electron chi connectivity index (χ0n) is 25.4. The minimum absolute atomic E-state index is 0. The summed E-state index contributed by atoms with van der Waals surface area (Å²) in [5, 5.41) is 0. The molecule has 0 bridgehead atoms. The van der Waals surface area contributed by atoms with Crippen molar-refractivity contribution < 1.29 is 27.1 Å². The van der Waals surface area contributed by atoms with Crippen molar-refractivity contribution in [2.75, 3.05) is 0 Å². The molecule has 0 radical (unpaired) electrons. The molecule has 0 saturated carbocycles. The molecule has 0 N–H and O–H groups in total. The topological polar surface area (TPSA) is 0 Å². The van der Waals surface area contributed by atoms with Crippen LogP contribution in [0, 0.1) is 17.0 Å². The van der Waals surface area contributed by atoms with Crippen LogP contribution in [0.15, 0.2) is 113 Å². The van der Waals surface area contributed by atoms with Crippen LogP contribution < -0.4 is 9.81 Å². The molecule has 2 aliphatic rings. The molecule has 0 unspecified atom stereocenters. The molecule has 0 fully saturated rings. The van der Waals surface area contributed by atoms with Crippen LogP contribution in [0.5, 0.6) is 0 Å². The number of hydrogen-bond acceptors (Lipinski definition) is 0. The van der Waals surface area contributed by atoms with Crippen molar-refractivity contribution in [3.8, 4) is 11.1 Å². The molecule has 0 nitrogen and oxygen atoms in total. The Bertz CT molecular complexity index is 1890. The monoisotopic (exact) mass is 704 g/mol. The molecule has 0 aliphatic heterocycles. The van der Waals surface area contributed by atoms with Gasteiger partial charge in [-0.25, -0.2) is 0 Å². The fourth-order valence-electron chi connectivity index (χ4n) is 7.17. The molecule has 6 rings (SSSR count). The van der Waals surface area contributed by atoms with E-state index >= 15 is 8.78 Å². The first-order valence-electron chi connectivity index (χ1n) is 14.5. The zero-order valence-corrected chi connectivity index (χ0v) is 29.5. The largest absolute Gasteiger partial charge is 0.147 e. The maximum absolute atomic E-state index is 15.3. The first-order chi connectivity index (χ1) is 20.0. The number of benzene rings is 4. The van der Waals surface area contributed by atoms with Crippen LogP contribution in [0.4, 0.5) is 8.78 Å². The summed E-state index contributed by atoms with van der Waals surface area (Å²) >= 11 is -5.33. The second-order valence-electron chi connectivity index (χ2n) is 12.9. The summed E-state index contributed by atoms with van der Waals surface area (Å²) in [6.07, 6.45) is 9.75. The van der Waals surface area contributed by atoms with E-state index in [4.69, 9.17) is 4.21 Å². The second kappa shape index (κ2) is 12.1. The SMILES string of the molecule is C=Cc1ccc2c(c1)-c1cc(C=C)c[c]([Zr](=[CH2])([C]3=CC(C(C)(C)C)=CC3)([c]3cccc(F)c3)[c]3cccc(F)c3)c1C2.Cl.Cl. The van der Waals surface area contributed by atoms with Crippen molar-refractivity contribution in [3.63, 3.8) is 0 Å². The average Bonchev–Trinajstić information content (AvgIpc) is 3.62. The quantitative estimate of drug-likeness (QED) is 0.165. The van der Waals surface area contributed by atoms with Crippen molar-refractivity contribution in [2.24, 2.45) is 5.41 Å². The third kappa shape index (κ3) is 5.12. The van der Waals surface area contributed by atoms with Gasteiger partial charge in [-0.1, -0.05) is 0 Å². The molecule has 44 heavy (non-hydrogen) atoms. The summed E-state index contributed by atoms with van der Waals surface area (Å²) in [4.78, 5) is 0. The average molecular weight is 707 g/mol. The summed E-state index contributed by atoms with van der Waals surface area (Å²) in [5.74, 6) is -0.628. The Morgan fingerprint density at radius 2 is 1.34 bits per heavy atom. The van der Waals surface area contributed by atoms with Gasteiger partial charge in [-0.15, -0.1) is 24.8 Å². The van der Waals surface area contributed by atoms with E-state index in [1.54, 1.807) is 24.3 Å². The number of fused-ring (bicyclic) bond motifs is 3. The van der Waals surface area contributed by atoms with Crippen LogP contribution in [-0.4, -0.2) is 4.21 Å². The molecule has 4 aromatic carbocycles. The van der Waals surface area contributed by atoms with E-state index in [2.05, 4.69) is 76.4 Å². The number of halogens is 4. The Labute approximate surface area is 273 Å². The molecule has 5 heteroatoms. The number of rotatable bonds is 6. The van der Waals surface area contributed by atoms with E-state index in [1.807, 2.05) is 24.3 Å². The van der Waals surface area contributed by atoms with Crippen LogP contribution in [0.3, 0.4) is 0 Å². The fraction of sp³-hybridized carbons (Fsp3) is 0.154. The standard InChI is InChI=1S/C17H13.C9H13.2C6H4F.CH2.2ClH.Zr/c1-3-12-5-7-14-11-15-8-6-13(4-2)10-17(15)16(14)9-12;1-9(2,3)8-6-4-5-7-8;2*7-6-4-2-1-3-5-6;;;;/h3-7,9-10H,1-2,11H2;6-7H,4H2,1-3H3;2*1-2,4-5H;1H2;2*1H;. The smallest absolute Gasteiger partial charge is 0.147 e. The van der Waals surface area contributed by atoms with Gasteiger partial charge in [0.15, 0.2) is 0 Å². The molecule has 0 aromatic heterocycles. The predicted molar refractivity (Wildman–Crippen MR) is 188 cm³/mol. The molecular weight excluding hydrogens is 669 g/mol. The summed E-state index contributed by atoms with van der Waals surface area (Å²) in [6.45, 7) is 14.8. The van der Waals surface area contributed by atoms with Gasteiger partial charge < -0.3 is 0 Å². The summed E-state index contributed by atoms with van der Waals surface area (Å²) in [7, 11) is 0. The van der Waals surface area contributed by atoms with Crippen molar-refractivity contribution in [2.45, 2.75) is 33.6 Å². The summed E-state index contributed by atoms with van der Waals surface area (Å²) < 4.78 is 40.0. The van der Waals surface area contributed by atoms with Gasteiger partial charge in [-0.05, 0) is 0 Å². The van der Waals surface area contributed by atoms with E-state index in [0.29, 0.717) is 6.42 Å². The Morgan fingerprint density at radius 1 is 0.750 bits per heavy atom. The van der Waals surface area contributed by atoms with E-state index in [1.165, 1.54) is 37.7 Å². The minimum Gasteiger partial charge on any atom is -0.147 e. The first kappa shape index (κ1) is 33.9. The van der Waals surface area contributed by atoms with Gasteiger partial charge in [-0.3, -0.25) is 0 Å². The summed E-state index contributed by atoms with van der Waals surface area (Å²) in [5.41, 5.74) is 7.90. The van der Waals surface area contributed by atoms with Gasteiger partial charge in [0.1, 0.15) is 0 Å². The van der Waals surface area contributed by atoms with Gasteiger partial charge in [0.05, 0.1) is 0 Å². The van der Waals surface area contributed by atoms with E-state index in [9.17, 15) is 0 Å². The first-order valence-corrected chi connectivity index (χ1v) is 21.1. The van der Waals surface area contributed by atoms with Crippen molar-refractivity contribution in [1.29, 1.82) is 0 Å². The minimum atomic E-state index is -5.33. The Hall–Kier alpha value is -2.97. The van der Waals surface area contributed by atoms with E-state index < -0.39 is 18.3 Å². The Morgan fingerprint density at radius 3 is 1.86 bits per heavy atom. The van der Waals surface area contributed by atoms with Crippen molar-refractivity contribution >= 4 is 51.0 Å².